The first-order valence-electron chi connectivity index (χ1n) is 8.14. The topological polar surface area (TPSA) is 77.4 Å². The van der Waals surface area contributed by atoms with E-state index in [2.05, 4.69) is 31.7 Å². The van der Waals surface area contributed by atoms with Gasteiger partial charge >= 0.3 is 6.03 Å². The van der Waals surface area contributed by atoms with Gasteiger partial charge in [0.1, 0.15) is 11.5 Å². The van der Waals surface area contributed by atoms with Crippen molar-refractivity contribution in [3.05, 3.63) is 64.9 Å². The summed E-state index contributed by atoms with van der Waals surface area (Å²) in [6, 6.07) is 12.8. The second-order valence-electron chi connectivity index (χ2n) is 5.70. The van der Waals surface area contributed by atoms with Gasteiger partial charge < -0.3 is 20.1 Å². The molecule has 0 spiro atoms. The zero-order valence-electron chi connectivity index (χ0n) is 14.9. The number of rotatable bonds is 6. The van der Waals surface area contributed by atoms with Crippen molar-refractivity contribution in [1.82, 2.24) is 9.78 Å². The number of amides is 2. The normalized spacial score (nSPS) is 10.3. The van der Waals surface area contributed by atoms with E-state index in [4.69, 9.17) is 9.47 Å². The van der Waals surface area contributed by atoms with Gasteiger partial charge in [-0.1, -0.05) is 28.1 Å². The second kappa shape index (κ2) is 8.59. The number of carbonyl (C=O) groups is 1. The number of ether oxygens (including phenoxy) is 2. The van der Waals surface area contributed by atoms with Gasteiger partial charge in [-0.15, -0.1) is 0 Å². The lowest BCUT2D eigenvalue weighted by Crippen LogP contribution is -2.19. The van der Waals surface area contributed by atoms with E-state index in [0.29, 0.717) is 29.4 Å². The maximum atomic E-state index is 12.3. The van der Waals surface area contributed by atoms with Crippen LogP contribution in [0.3, 0.4) is 0 Å². The van der Waals surface area contributed by atoms with Crippen molar-refractivity contribution in [2.75, 3.05) is 24.9 Å². The number of methoxy groups -OCH3 is 2. The Kier molecular flexibility index (Phi) is 5.97. The van der Waals surface area contributed by atoms with Crippen LogP contribution >= 0.6 is 15.9 Å². The first-order chi connectivity index (χ1) is 13.1. The van der Waals surface area contributed by atoms with Crippen LogP contribution in [0.2, 0.25) is 0 Å². The van der Waals surface area contributed by atoms with Gasteiger partial charge in [-0.3, -0.25) is 4.68 Å². The fraction of sp³-hybridized carbons (Fsp3) is 0.158. The number of benzene rings is 2. The van der Waals surface area contributed by atoms with Crippen LogP contribution in [0.4, 0.5) is 16.2 Å². The molecule has 0 aliphatic heterocycles. The van der Waals surface area contributed by atoms with Crippen LogP contribution in [0.5, 0.6) is 11.5 Å². The fourth-order valence-electron chi connectivity index (χ4n) is 2.49. The molecule has 8 heteroatoms. The minimum atomic E-state index is -0.398. The minimum Gasteiger partial charge on any atom is -0.497 e. The Bertz CT molecular complexity index is 925. The molecule has 3 aromatic rings. The van der Waals surface area contributed by atoms with Gasteiger partial charge in [-0.2, -0.15) is 5.10 Å². The molecule has 27 heavy (non-hydrogen) atoms. The van der Waals surface area contributed by atoms with Gasteiger partial charge in [0.15, 0.2) is 0 Å². The molecular weight excluding hydrogens is 412 g/mol. The zero-order valence-corrected chi connectivity index (χ0v) is 16.5. The highest BCUT2D eigenvalue weighted by Crippen LogP contribution is 2.29. The molecule has 140 valence electrons. The Morgan fingerprint density at radius 2 is 1.89 bits per heavy atom. The maximum absolute atomic E-state index is 12.3. The standard InChI is InChI=1S/C19H19BrN4O3/c1-26-16-7-8-18(27-2)17(9-16)23-19(25)22-15-10-21-24(12-15)11-13-3-5-14(20)6-4-13/h3-10,12H,11H2,1-2H3,(H2,22,23,25). The van der Waals surface area contributed by atoms with Crippen molar-refractivity contribution in [2.45, 2.75) is 6.54 Å². The summed E-state index contributed by atoms with van der Waals surface area (Å²) in [5.41, 5.74) is 2.21. The molecule has 0 saturated carbocycles. The molecule has 3 rings (SSSR count). The van der Waals surface area contributed by atoms with Gasteiger partial charge in [0.05, 0.1) is 38.3 Å². The largest absolute Gasteiger partial charge is 0.497 e. The molecule has 0 atom stereocenters. The van der Waals surface area contributed by atoms with Gasteiger partial charge in [0.2, 0.25) is 0 Å². The predicted molar refractivity (Wildman–Crippen MR) is 108 cm³/mol. The van der Waals surface area contributed by atoms with Gasteiger partial charge in [0.25, 0.3) is 0 Å². The Hall–Kier alpha value is -3.00. The molecule has 0 fully saturated rings. The maximum Gasteiger partial charge on any atom is 0.323 e. The van der Waals surface area contributed by atoms with Crippen LogP contribution in [0.1, 0.15) is 5.56 Å². The number of halogens is 1. The number of hydrogen-bond donors (Lipinski definition) is 2. The first-order valence-corrected chi connectivity index (χ1v) is 8.93. The van der Waals surface area contributed by atoms with Crippen LogP contribution < -0.4 is 20.1 Å². The highest BCUT2D eigenvalue weighted by molar-refractivity contribution is 9.10. The number of aromatic nitrogens is 2. The zero-order chi connectivity index (χ0) is 19.2. The molecule has 0 aliphatic rings. The van der Waals surface area contributed by atoms with E-state index in [1.54, 1.807) is 42.4 Å². The van der Waals surface area contributed by atoms with E-state index in [1.807, 2.05) is 24.3 Å². The van der Waals surface area contributed by atoms with E-state index in [-0.39, 0.29) is 0 Å². The lowest BCUT2D eigenvalue weighted by atomic mass is 10.2. The SMILES string of the molecule is COc1ccc(OC)c(NC(=O)Nc2cnn(Cc3ccc(Br)cc3)c2)c1. The van der Waals surface area contributed by atoms with E-state index in [9.17, 15) is 4.79 Å². The molecule has 7 nitrogen and oxygen atoms in total. The molecule has 0 unspecified atom stereocenters. The smallest absolute Gasteiger partial charge is 0.323 e. The highest BCUT2D eigenvalue weighted by Gasteiger charge is 2.10. The van der Waals surface area contributed by atoms with E-state index >= 15 is 0 Å². The van der Waals surface area contributed by atoms with Crippen molar-refractivity contribution in [3.63, 3.8) is 0 Å². The second-order valence-corrected chi connectivity index (χ2v) is 6.61. The van der Waals surface area contributed by atoms with Crippen LogP contribution in [-0.4, -0.2) is 30.0 Å². The highest BCUT2D eigenvalue weighted by atomic mass is 79.9. The van der Waals surface area contributed by atoms with Crippen LogP contribution in [0.25, 0.3) is 0 Å². The summed E-state index contributed by atoms with van der Waals surface area (Å²) in [4.78, 5) is 12.3. The predicted octanol–water partition coefficient (Wildman–Crippen LogP) is 4.36. The molecule has 2 N–H and O–H groups in total. The van der Waals surface area contributed by atoms with Crippen molar-refractivity contribution >= 4 is 33.3 Å². The van der Waals surface area contributed by atoms with Gasteiger partial charge in [0, 0.05) is 16.7 Å². The van der Waals surface area contributed by atoms with Gasteiger partial charge in [-0.05, 0) is 29.8 Å². The fourth-order valence-corrected chi connectivity index (χ4v) is 2.75. The molecule has 0 radical (unpaired) electrons. The van der Waals surface area contributed by atoms with Crippen LogP contribution in [-0.2, 0) is 6.54 Å². The quantitative estimate of drug-likeness (QED) is 0.608. The summed E-state index contributed by atoms with van der Waals surface area (Å²) in [5.74, 6) is 1.16. The third-order valence-corrected chi connectivity index (χ3v) is 4.33. The van der Waals surface area contributed by atoms with E-state index < -0.39 is 6.03 Å². The molecule has 1 aromatic heterocycles. The summed E-state index contributed by atoms with van der Waals surface area (Å²) in [7, 11) is 3.10. The van der Waals surface area contributed by atoms with Crippen molar-refractivity contribution in [1.29, 1.82) is 0 Å². The third-order valence-electron chi connectivity index (χ3n) is 3.80. The summed E-state index contributed by atoms with van der Waals surface area (Å²) in [5, 5.41) is 9.78. The van der Waals surface area contributed by atoms with E-state index in [1.165, 1.54) is 7.11 Å². The molecule has 0 bridgehead atoms. The monoisotopic (exact) mass is 430 g/mol. The molecule has 2 amide bonds. The van der Waals surface area contributed by atoms with Crippen LogP contribution in [0.15, 0.2) is 59.3 Å². The minimum absolute atomic E-state index is 0.398. The summed E-state index contributed by atoms with van der Waals surface area (Å²) in [6.07, 6.45) is 3.37. The molecule has 0 saturated heterocycles. The molecule has 1 heterocycles. The number of nitrogens with zero attached hydrogens (tertiary/aromatic N) is 2. The van der Waals surface area contributed by atoms with Gasteiger partial charge in [-0.25, -0.2) is 4.79 Å². The van der Waals surface area contributed by atoms with Crippen molar-refractivity contribution in [3.8, 4) is 11.5 Å². The number of carbonyl (C=O) groups excluding carboxylic acids is 1. The van der Waals surface area contributed by atoms with Crippen molar-refractivity contribution in [2.24, 2.45) is 0 Å². The first kappa shape index (κ1) is 18.8. The van der Waals surface area contributed by atoms with Crippen LogP contribution in [0, 0.1) is 0 Å². The van der Waals surface area contributed by atoms with Crippen molar-refractivity contribution < 1.29 is 14.3 Å². The summed E-state index contributed by atoms with van der Waals surface area (Å²) in [6.45, 7) is 0.611. The number of nitrogens with one attached hydrogen (secondary N) is 2. The summed E-state index contributed by atoms with van der Waals surface area (Å²) >= 11 is 3.41. The Balaban J connectivity index is 1.63. The molecular formula is C19H19BrN4O3. The Morgan fingerprint density at radius 1 is 1.11 bits per heavy atom. The number of hydrogen-bond acceptors (Lipinski definition) is 4. The Morgan fingerprint density at radius 3 is 2.59 bits per heavy atom. The third kappa shape index (κ3) is 5.01. The molecule has 0 aliphatic carbocycles. The average molecular weight is 431 g/mol. The number of urea groups is 1. The average Bonchev–Trinajstić information content (AvgIpc) is 3.10. The summed E-state index contributed by atoms with van der Waals surface area (Å²) < 4.78 is 13.2. The molecule has 2 aromatic carbocycles. The lowest BCUT2D eigenvalue weighted by Gasteiger charge is -2.11. The Labute approximate surface area is 165 Å². The van der Waals surface area contributed by atoms with E-state index in [0.717, 1.165) is 10.0 Å². The lowest BCUT2D eigenvalue weighted by molar-refractivity contribution is 0.262. The number of anilines is 2.